The zero-order valence-corrected chi connectivity index (χ0v) is 14.3. The number of nitrogens with zero attached hydrogens (tertiary/aromatic N) is 1. The van der Waals surface area contributed by atoms with Crippen LogP contribution in [0.4, 0.5) is 18.9 Å². The minimum absolute atomic E-state index is 0.0277. The smallest absolute Gasteiger partial charge is 0.387 e. The number of amides is 1. The van der Waals surface area contributed by atoms with Crippen molar-refractivity contribution in [3.63, 3.8) is 0 Å². The van der Waals surface area contributed by atoms with Crippen LogP contribution in [0, 0.1) is 15.9 Å². The molecule has 0 fully saturated rings. The Morgan fingerprint density at radius 1 is 1.22 bits per heavy atom. The lowest BCUT2D eigenvalue weighted by atomic mass is 10.0. The summed E-state index contributed by atoms with van der Waals surface area (Å²) >= 11 is 0. The average molecular weight is 382 g/mol. The molecular formula is C18H17F3N2O4. The zero-order chi connectivity index (χ0) is 20.0. The fraction of sp³-hybridized carbons (Fsp3) is 0.278. The van der Waals surface area contributed by atoms with Crippen LogP contribution in [0.25, 0.3) is 0 Å². The summed E-state index contributed by atoms with van der Waals surface area (Å²) in [6.45, 7) is -1.07. The molecule has 0 radical (unpaired) electrons. The second-order valence-electron chi connectivity index (χ2n) is 5.66. The van der Waals surface area contributed by atoms with Crippen LogP contribution in [0.3, 0.4) is 0 Å². The Morgan fingerprint density at radius 3 is 2.44 bits per heavy atom. The summed E-state index contributed by atoms with van der Waals surface area (Å²) < 4.78 is 42.9. The van der Waals surface area contributed by atoms with Gasteiger partial charge in [-0.25, -0.2) is 0 Å². The topological polar surface area (TPSA) is 81.5 Å². The maximum absolute atomic E-state index is 14.2. The maximum atomic E-state index is 14.2. The lowest BCUT2D eigenvalue weighted by Crippen LogP contribution is -2.29. The number of nitro groups is 1. The van der Waals surface area contributed by atoms with Crippen LogP contribution in [0.1, 0.15) is 41.7 Å². The standard InChI is InChI=1S/C18H17F3N2O4/c1-2-4-14(11-7-9-12(10-8-11)27-18(20)21)22-17(24)13-5-3-6-15(16(13)19)23(25)26/h3,5-10,14,18H,2,4H2,1H3,(H,22,24). The highest BCUT2D eigenvalue weighted by Gasteiger charge is 2.23. The monoisotopic (exact) mass is 382 g/mol. The molecule has 27 heavy (non-hydrogen) atoms. The predicted octanol–water partition coefficient (Wildman–Crippen LogP) is 4.61. The molecule has 0 aliphatic carbocycles. The number of carbonyl (C=O) groups is 1. The Balaban J connectivity index is 2.22. The van der Waals surface area contributed by atoms with Gasteiger partial charge in [0.25, 0.3) is 5.91 Å². The normalized spacial score (nSPS) is 11.9. The van der Waals surface area contributed by atoms with Crippen LogP contribution < -0.4 is 10.1 Å². The first-order valence-corrected chi connectivity index (χ1v) is 8.12. The number of alkyl halides is 2. The van der Waals surface area contributed by atoms with E-state index in [1.165, 1.54) is 30.3 Å². The van der Waals surface area contributed by atoms with Gasteiger partial charge in [-0.3, -0.25) is 14.9 Å². The number of nitrogens with one attached hydrogen (secondary N) is 1. The SMILES string of the molecule is CCCC(NC(=O)c1cccc([N+](=O)[O-])c1F)c1ccc(OC(F)F)cc1. The van der Waals surface area contributed by atoms with Crippen LogP contribution in [0.2, 0.25) is 0 Å². The number of hydrogen-bond donors (Lipinski definition) is 1. The molecule has 0 aliphatic rings. The van der Waals surface area contributed by atoms with E-state index < -0.39 is 40.6 Å². The van der Waals surface area contributed by atoms with E-state index in [1.807, 2.05) is 6.92 Å². The van der Waals surface area contributed by atoms with Crippen molar-refractivity contribution in [3.05, 3.63) is 69.5 Å². The Bertz CT molecular complexity index is 813. The van der Waals surface area contributed by atoms with Crippen molar-refractivity contribution in [1.29, 1.82) is 0 Å². The molecule has 0 bridgehead atoms. The Kier molecular flexibility index (Phi) is 6.75. The summed E-state index contributed by atoms with van der Waals surface area (Å²) in [5.41, 5.74) is -0.621. The first-order valence-electron chi connectivity index (χ1n) is 8.12. The van der Waals surface area contributed by atoms with Crippen molar-refractivity contribution in [2.45, 2.75) is 32.4 Å². The second kappa shape index (κ2) is 9.02. The first-order chi connectivity index (χ1) is 12.8. The van der Waals surface area contributed by atoms with E-state index in [-0.39, 0.29) is 5.75 Å². The van der Waals surface area contributed by atoms with E-state index in [1.54, 1.807) is 0 Å². The molecule has 0 spiro atoms. The van der Waals surface area contributed by atoms with E-state index in [4.69, 9.17) is 0 Å². The minimum Gasteiger partial charge on any atom is -0.435 e. The van der Waals surface area contributed by atoms with Crippen molar-refractivity contribution >= 4 is 11.6 Å². The van der Waals surface area contributed by atoms with Gasteiger partial charge in [0.15, 0.2) is 0 Å². The number of hydrogen-bond acceptors (Lipinski definition) is 4. The van der Waals surface area contributed by atoms with Crippen LogP contribution in [0.5, 0.6) is 5.75 Å². The molecular weight excluding hydrogens is 365 g/mol. The lowest BCUT2D eigenvalue weighted by Gasteiger charge is -2.19. The van der Waals surface area contributed by atoms with Gasteiger partial charge in [0.1, 0.15) is 5.75 Å². The Morgan fingerprint density at radius 2 is 1.89 bits per heavy atom. The molecule has 2 aromatic carbocycles. The van der Waals surface area contributed by atoms with E-state index in [2.05, 4.69) is 10.1 Å². The molecule has 0 saturated heterocycles. The van der Waals surface area contributed by atoms with Gasteiger partial charge in [-0.05, 0) is 30.2 Å². The van der Waals surface area contributed by atoms with Crippen molar-refractivity contribution in [1.82, 2.24) is 5.32 Å². The van der Waals surface area contributed by atoms with Gasteiger partial charge in [-0.2, -0.15) is 13.2 Å². The molecule has 6 nitrogen and oxygen atoms in total. The minimum atomic E-state index is -2.95. The molecule has 144 valence electrons. The van der Waals surface area contributed by atoms with Crippen LogP contribution >= 0.6 is 0 Å². The van der Waals surface area contributed by atoms with Crippen LogP contribution in [0.15, 0.2) is 42.5 Å². The Labute approximate surface area is 153 Å². The number of benzene rings is 2. The maximum Gasteiger partial charge on any atom is 0.387 e. The molecule has 2 aromatic rings. The molecule has 2 rings (SSSR count). The molecule has 1 amide bonds. The number of rotatable bonds is 8. The van der Waals surface area contributed by atoms with E-state index in [9.17, 15) is 28.1 Å². The van der Waals surface area contributed by atoms with Gasteiger partial charge in [-0.1, -0.05) is 31.5 Å². The predicted molar refractivity (Wildman–Crippen MR) is 91.2 cm³/mol. The Hall–Kier alpha value is -3.10. The van der Waals surface area contributed by atoms with Gasteiger partial charge < -0.3 is 10.1 Å². The summed E-state index contributed by atoms with van der Waals surface area (Å²) in [5, 5.41) is 13.4. The largest absolute Gasteiger partial charge is 0.435 e. The third kappa shape index (κ3) is 5.19. The second-order valence-corrected chi connectivity index (χ2v) is 5.66. The van der Waals surface area contributed by atoms with Gasteiger partial charge in [0.2, 0.25) is 5.82 Å². The molecule has 0 aromatic heterocycles. The molecule has 0 heterocycles. The van der Waals surface area contributed by atoms with Gasteiger partial charge >= 0.3 is 12.3 Å². The van der Waals surface area contributed by atoms with Crippen molar-refractivity contribution in [2.75, 3.05) is 0 Å². The number of ether oxygens (including phenoxy) is 1. The van der Waals surface area contributed by atoms with Crippen molar-refractivity contribution in [2.24, 2.45) is 0 Å². The summed E-state index contributed by atoms with van der Waals surface area (Å²) in [7, 11) is 0. The third-order valence-electron chi connectivity index (χ3n) is 3.81. The summed E-state index contributed by atoms with van der Waals surface area (Å²) in [6.07, 6.45) is 1.18. The van der Waals surface area contributed by atoms with Crippen molar-refractivity contribution in [3.8, 4) is 5.75 Å². The molecule has 0 aliphatic heterocycles. The first kappa shape index (κ1) is 20.2. The molecule has 9 heteroatoms. The fourth-order valence-corrected chi connectivity index (χ4v) is 2.56. The number of nitro benzene ring substituents is 1. The highest BCUT2D eigenvalue weighted by molar-refractivity contribution is 5.95. The van der Waals surface area contributed by atoms with Gasteiger partial charge in [0.05, 0.1) is 16.5 Å². The molecule has 1 atom stereocenters. The average Bonchev–Trinajstić information content (AvgIpc) is 2.61. The van der Waals surface area contributed by atoms with E-state index >= 15 is 0 Å². The summed E-state index contributed by atoms with van der Waals surface area (Å²) in [6, 6.07) is 8.53. The summed E-state index contributed by atoms with van der Waals surface area (Å²) in [4.78, 5) is 22.3. The molecule has 1 N–H and O–H groups in total. The quantitative estimate of drug-likeness (QED) is 0.534. The van der Waals surface area contributed by atoms with Crippen molar-refractivity contribution < 1.29 is 27.6 Å². The van der Waals surface area contributed by atoms with Crippen LogP contribution in [-0.4, -0.2) is 17.4 Å². The van der Waals surface area contributed by atoms with E-state index in [0.29, 0.717) is 18.4 Å². The van der Waals surface area contributed by atoms with E-state index in [0.717, 1.165) is 12.1 Å². The molecule has 0 saturated carbocycles. The molecule has 1 unspecified atom stereocenters. The summed E-state index contributed by atoms with van der Waals surface area (Å²) in [5.74, 6) is -2.04. The highest BCUT2D eigenvalue weighted by atomic mass is 19.3. The zero-order valence-electron chi connectivity index (χ0n) is 14.3. The highest BCUT2D eigenvalue weighted by Crippen LogP contribution is 2.25. The third-order valence-corrected chi connectivity index (χ3v) is 3.81. The number of halogens is 3. The fourth-order valence-electron chi connectivity index (χ4n) is 2.56. The lowest BCUT2D eigenvalue weighted by molar-refractivity contribution is -0.387. The van der Waals surface area contributed by atoms with Gasteiger partial charge in [-0.15, -0.1) is 0 Å². The van der Waals surface area contributed by atoms with Gasteiger partial charge in [0, 0.05) is 6.07 Å². The van der Waals surface area contributed by atoms with Crippen LogP contribution in [-0.2, 0) is 0 Å². The number of carbonyl (C=O) groups excluding carboxylic acids is 1.